The molecule has 0 heterocycles. The minimum Gasteiger partial charge on any atom is -0.316 e. The van der Waals surface area contributed by atoms with E-state index in [1.807, 2.05) is 18.2 Å². The van der Waals surface area contributed by atoms with E-state index < -0.39 is 11.8 Å². The van der Waals surface area contributed by atoms with Gasteiger partial charge in [0, 0.05) is 15.1 Å². The van der Waals surface area contributed by atoms with Gasteiger partial charge in [0.1, 0.15) is 0 Å². The highest BCUT2D eigenvalue weighted by molar-refractivity contribution is 9.10. The minimum absolute atomic E-state index is 0.245. The third-order valence-corrected chi connectivity index (χ3v) is 3.94. The Hall–Kier alpha value is -1.89. The molecule has 5 nitrogen and oxygen atoms in total. The van der Waals surface area contributed by atoms with Gasteiger partial charge < -0.3 is 5.32 Å². The first-order chi connectivity index (χ1) is 11.0. The van der Waals surface area contributed by atoms with Crippen LogP contribution in [0, 0.1) is 0 Å². The van der Waals surface area contributed by atoms with Crippen LogP contribution in [0.3, 0.4) is 0 Å². The maximum Gasteiger partial charge on any atom is 0.329 e. The van der Waals surface area contributed by atoms with Crippen LogP contribution < -0.4 is 10.7 Å². The third-order valence-electron chi connectivity index (χ3n) is 2.66. The van der Waals surface area contributed by atoms with Crippen LogP contribution in [0.2, 0.25) is 10.0 Å². The molecule has 0 atom stereocenters. The Bertz CT molecular complexity index is 781. The number of nitrogens with one attached hydrogen (secondary N) is 2. The summed E-state index contributed by atoms with van der Waals surface area (Å²) in [6, 6.07) is 11.8. The first-order valence-corrected chi connectivity index (χ1v) is 7.86. The van der Waals surface area contributed by atoms with Crippen LogP contribution in [0.5, 0.6) is 0 Å². The van der Waals surface area contributed by atoms with Crippen LogP contribution >= 0.6 is 39.1 Å². The number of halogens is 3. The highest BCUT2D eigenvalue weighted by Gasteiger charge is 2.14. The van der Waals surface area contributed by atoms with Crippen molar-refractivity contribution in [1.82, 2.24) is 5.43 Å². The molecule has 0 aromatic heterocycles. The van der Waals surface area contributed by atoms with Crippen LogP contribution in [0.1, 0.15) is 5.56 Å². The lowest BCUT2D eigenvalue weighted by Gasteiger charge is -2.06. The lowest BCUT2D eigenvalue weighted by molar-refractivity contribution is -0.136. The van der Waals surface area contributed by atoms with E-state index in [1.54, 1.807) is 12.1 Å². The molecule has 2 N–H and O–H groups in total. The van der Waals surface area contributed by atoms with E-state index in [4.69, 9.17) is 23.2 Å². The standard InChI is InChI=1S/C15H10BrCl2N3O2/c16-11-4-2-1-3-9(11)8-19-21-15(23)14(22)20-13-7-10(17)5-6-12(13)18/h1-8H,(H,20,22)(H,21,23)/b19-8+. The Morgan fingerprint density at radius 1 is 1.09 bits per heavy atom. The number of hydrogen-bond acceptors (Lipinski definition) is 3. The predicted octanol–water partition coefficient (Wildman–Crippen LogP) is 3.84. The largest absolute Gasteiger partial charge is 0.329 e. The average Bonchev–Trinajstić information content (AvgIpc) is 2.52. The van der Waals surface area contributed by atoms with E-state index in [0.717, 1.165) is 10.0 Å². The summed E-state index contributed by atoms with van der Waals surface area (Å²) < 4.78 is 0.813. The fourth-order valence-corrected chi connectivity index (χ4v) is 2.29. The molecule has 8 heteroatoms. The summed E-state index contributed by atoms with van der Waals surface area (Å²) >= 11 is 15.1. The third kappa shape index (κ3) is 5.06. The summed E-state index contributed by atoms with van der Waals surface area (Å²) in [4.78, 5) is 23.5. The lowest BCUT2D eigenvalue weighted by Crippen LogP contribution is -2.32. The first kappa shape index (κ1) is 17.5. The van der Waals surface area contributed by atoms with Gasteiger partial charge in [0.2, 0.25) is 0 Å². The quantitative estimate of drug-likeness (QED) is 0.455. The Labute approximate surface area is 150 Å². The highest BCUT2D eigenvalue weighted by Crippen LogP contribution is 2.25. The molecule has 0 spiro atoms. The normalized spacial score (nSPS) is 10.6. The number of rotatable bonds is 3. The molecular formula is C15H10BrCl2N3O2. The van der Waals surface area contributed by atoms with E-state index >= 15 is 0 Å². The summed E-state index contributed by atoms with van der Waals surface area (Å²) in [6.45, 7) is 0. The van der Waals surface area contributed by atoms with Crippen LogP contribution in [0.4, 0.5) is 5.69 Å². The molecule has 0 fully saturated rings. The Balaban J connectivity index is 1.97. The molecule has 2 aromatic carbocycles. The smallest absolute Gasteiger partial charge is 0.316 e. The molecule has 0 unspecified atom stereocenters. The maximum absolute atomic E-state index is 11.8. The molecule has 2 aromatic rings. The van der Waals surface area contributed by atoms with Gasteiger partial charge in [-0.15, -0.1) is 0 Å². The number of hydrazone groups is 1. The topological polar surface area (TPSA) is 70.6 Å². The number of amides is 2. The summed E-state index contributed by atoms with van der Waals surface area (Å²) in [5.74, 6) is -1.83. The molecule has 0 aliphatic heterocycles. The molecule has 0 radical (unpaired) electrons. The van der Waals surface area contributed by atoms with E-state index in [0.29, 0.717) is 5.02 Å². The number of anilines is 1. The number of benzene rings is 2. The fraction of sp³-hybridized carbons (Fsp3) is 0. The fourth-order valence-electron chi connectivity index (χ4n) is 1.56. The number of hydrogen-bond donors (Lipinski definition) is 2. The second-order valence-corrected chi connectivity index (χ2v) is 6.00. The van der Waals surface area contributed by atoms with Gasteiger partial charge in [-0.2, -0.15) is 5.10 Å². The van der Waals surface area contributed by atoms with Crippen molar-refractivity contribution >= 4 is 62.8 Å². The second kappa shape index (κ2) is 8.10. The second-order valence-electron chi connectivity index (χ2n) is 4.30. The van der Waals surface area contributed by atoms with E-state index in [1.165, 1.54) is 18.3 Å². The molecular weight excluding hydrogens is 405 g/mol. The van der Waals surface area contributed by atoms with E-state index in [-0.39, 0.29) is 10.7 Å². The van der Waals surface area contributed by atoms with Crippen molar-refractivity contribution in [3.05, 3.63) is 62.5 Å². The van der Waals surface area contributed by atoms with Crippen molar-refractivity contribution in [2.45, 2.75) is 0 Å². The van der Waals surface area contributed by atoms with Crippen LogP contribution in [0.25, 0.3) is 0 Å². The summed E-state index contributed by atoms with van der Waals surface area (Å²) in [5, 5.41) is 6.75. The number of carbonyl (C=O) groups excluding carboxylic acids is 2. The summed E-state index contributed by atoms with van der Waals surface area (Å²) in [7, 11) is 0. The monoisotopic (exact) mass is 413 g/mol. The summed E-state index contributed by atoms with van der Waals surface area (Å²) in [6.07, 6.45) is 1.42. The minimum atomic E-state index is -0.927. The van der Waals surface area contributed by atoms with Gasteiger partial charge in [-0.1, -0.05) is 57.3 Å². The van der Waals surface area contributed by atoms with Crippen molar-refractivity contribution in [3.63, 3.8) is 0 Å². The van der Waals surface area contributed by atoms with Crippen LogP contribution in [-0.4, -0.2) is 18.0 Å². The maximum atomic E-state index is 11.8. The number of nitrogens with zero attached hydrogens (tertiary/aromatic N) is 1. The zero-order valence-corrected chi connectivity index (χ0v) is 14.6. The average molecular weight is 415 g/mol. The molecule has 2 rings (SSSR count). The first-order valence-electron chi connectivity index (χ1n) is 6.31. The van der Waals surface area contributed by atoms with Gasteiger partial charge in [-0.25, -0.2) is 5.43 Å². The Morgan fingerprint density at radius 3 is 2.57 bits per heavy atom. The van der Waals surface area contributed by atoms with Crippen molar-refractivity contribution in [2.24, 2.45) is 5.10 Å². The highest BCUT2D eigenvalue weighted by atomic mass is 79.9. The molecule has 0 bridgehead atoms. The van der Waals surface area contributed by atoms with Crippen molar-refractivity contribution in [1.29, 1.82) is 0 Å². The Morgan fingerprint density at radius 2 is 1.83 bits per heavy atom. The van der Waals surface area contributed by atoms with Gasteiger partial charge in [0.05, 0.1) is 16.9 Å². The van der Waals surface area contributed by atoms with Gasteiger partial charge >= 0.3 is 11.8 Å². The van der Waals surface area contributed by atoms with Crippen molar-refractivity contribution < 1.29 is 9.59 Å². The van der Waals surface area contributed by atoms with Crippen molar-refractivity contribution in [3.8, 4) is 0 Å². The zero-order valence-electron chi connectivity index (χ0n) is 11.5. The van der Waals surface area contributed by atoms with E-state index in [2.05, 4.69) is 31.8 Å². The lowest BCUT2D eigenvalue weighted by atomic mass is 10.2. The van der Waals surface area contributed by atoms with Crippen molar-refractivity contribution in [2.75, 3.05) is 5.32 Å². The molecule has 0 saturated heterocycles. The molecule has 0 saturated carbocycles. The van der Waals surface area contributed by atoms with Crippen LogP contribution in [-0.2, 0) is 9.59 Å². The zero-order chi connectivity index (χ0) is 16.8. The summed E-state index contributed by atoms with van der Waals surface area (Å²) in [5.41, 5.74) is 3.13. The number of carbonyl (C=O) groups is 2. The van der Waals surface area contributed by atoms with Gasteiger partial charge in [-0.05, 0) is 24.3 Å². The van der Waals surface area contributed by atoms with E-state index in [9.17, 15) is 9.59 Å². The van der Waals surface area contributed by atoms with Gasteiger partial charge in [0.15, 0.2) is 0 Å². The molecule has 0 aliphatic rings. The van der Waals surface area contributed by atoms with Crippen LogP contribution in [0.15, 0.2) is 52.0 Å². The SMILES string of the molecule is O=C(N/N=C/c1ccccc1Br)C(=O)Nc1cc(Cl)ccc1Cl. The van der Waals surface area contributed by atoms with Gasteiger partial charge in [-0.3, -0.25) is 9.59 Å². The van der Waals surface area contributed by atoms with Gasteiger partial charge in [0.25, 0.3) is 0 Å². The molecule has 2 amide bonds. The molecule has 23 heavy (non-hydrogen) atoms. The predicted molar refractivity (Wildman–Crippen MR) is 95.0 cm³/mol. The molecule has 118 valence electrons. The Kier molecular flexibility index (Phi) is 6.15. The molecule has 0 aliphatic carbocycles.